The van der Waals surface area contributed by atoms with E-state index in [4.69, 9.17) is 14.2 Å². The minimum absolute atomic E-state index is 0.230. The van der Waals surface area contributed by atoms with Crippen molar-refractivity contribution >= 4 is 5.96 Å². The lowest BCUT2D eigenvalue weighted by Crippen LogP contribution is -2.37. The molecular weight excluding hydrogens is 306 g/mol. The highest BCUT2D eigenvalue weighted by molar-refractivity contribution is 5.79. The van der Waals surface area contributed by atoms with Crippen LogP contribution in [-0.4, -0.2) is 46.0 Å². The predicted octanol–water partition coefficient (Wildman–Crippen LogP) is 2.11. The number of fused-ring (bicyclic) bond motifs is 1. The van der Waals surface area contributed by atoms with Gasteiger partial charge in [0.15, 0.2) is 5.96 Å². The summed E-state index contributed by atoms with van der Waals surface area (Å²) < 4.78 is 16.7. The van der Waals surface area contributed by atoms with E-state index < -0.39 is 0 Å². The Balaban J connectivity index is 1.99. The number of ether oxygens (including phenoxy) is 3. The predicted molar refractivity (Wildman–Crippen MR) is 96.1 cm³/mol. The summed E-state index contributed by atoms with van der Waals surface area (Å²) >= 11 is 0. The molecule has 0 aliphatic carbocycles. The van der Waals surface area contributed by atoms with Crippen LogP contribution in [0, 0.1) is 0 Å². The fourth-order valence-corrected chi connectivity index (χ4v) is 2.73. The summed E-state index contributed by atoms with van der Waals surface area (Å²) in [6.45, 7) is 6.91. The molecular formula is C18H29N3O3. The van der Waals surface area contributed by atoms with Crippen molar-refractivity contribution in [2.75, 3.05) is 33.9 Å². The van der Waals surface area contributed by atoms with Gasteiger partial charge in [-0.05, 0) is 32.4 Å². The first-order valence-electron chi connectivity index (χ1n) is 8.56. The lowest BCUT2D eigenvalue weighted by molar-refractivity contribution is 0.195. The van der Waals surface area contributed by atoms with E-state index in [2.05, 4.69) is 34.7 Å². The van der Waals surface area contributed by atoms with Crippen molar-refractivity contribution in [3.05, 3.63) is 23.3 Å². The summed E-state index contributed by atoms with van der Waals surface area (Å²) in [5.74, 6) is 2.64. The summed E-state index contributed by atoms with van der Waals surface area (Å²) in [6, 6.07) is 4.18. The number of methoxy groups -OCH3 is 1. The second-order valence-corrected chi connectivity index (χ2v) is 5.83. The van der Waals surface area contributed by atoms with Gasteiger partial charge in [0.05, 0.1) is 6.61 Å². The third-order valence-electron chi connectivity index (χ3n) is 3.87. The average molecular weight is 335 g/mol. The second-order valence-electron chi connectivity index (χ2n) is 5.83. The Morgan fingerprint density at radius 1 is 1.38 bits per heavy atom. The Hall–Kier alpha value is -1.95. The Kier molecular flexibility index (Phi) is 7.18. The molecule has 134 valence electrons. The molecule has 24 heavy (non-hydrogen) atoms. The number of nitrogens with one attached hydrogen (secondary N) is 2. The van der Waals surface area contributed by atoms with Gasteiger partial charge in [0.2, 0.25) is 0 Å². The summed E-state index contributed by atoms with van der Waals surface area (Å²) in [6.07, 6.45) is 2.10. The van der Waals surface area contributed by atoms with Gasteiger partial charge in [-0.15, -0.1) is 0 Å². The van der Waals surface area contributed by atoms with Gasteiger partial charge >= 0.3 is 0 Å². The van der Waals surface area contributed by atoms with E-state index in [9.17, 15) is 0 Å². The van der Waals surface area contributed by atoms with Gasteiger partial charge in [0.1, 0.15) is 17.6 Å². The largest absolute Gasteiger partial charge is 0.494 e. The van der Waals surface area contributed by atoms with Crippen LogP contribution in [0.3, 0.4) is 0 Å². The molecule has 0 radical (unpaired) electrons. The molecule has 0 spiro atoms. The highest BCUT2D eigenvalue weighted by Gasteiger charge is 2.21. The lowest BCUT2D eigenvalue weighted by Gasteiger charge is -2.15. The van der Waals surface area contributed by atoms with Crippen LogP contribution < -0.4 is 20.1 Å². The number of nitrogens with zero attached hydrogens (tertiary/aromatic N) is 1. The molecule has 1 atom stereocenters. The minimum Gasteiger partial charge on any atom is -0.494 e. The van der Waals surface area contributed by atoms with Crippen LogP contribution >= 0.6 is 0 Å². The third-order valence-corrected chi connectivity index (χ3v) is 3.87. The molecule has 1 aliphatic rings. The maximum atomic E-state index is 5.86. The smallest absolute Gasteiger partial charge is 0.191 e. The van der Waals surface area contributed by atoms with E-state index in [1.807, 2.05) is 6.92 Å². The van der Waals surface area contributed by atoms with Crippen molar-refractivity contribution in [1.82, 2.24) is 10.6 Å². The Morgan fingerprint density at radius 3 is 2.92 bits per heavy atom. The van der Waals surface area contributed by atoms with Gasteiger partial charge in [-0.3, -0.25) is 4.99 Å². The van der Waals surface area contributed by atoms with Crippen molar-refractivity contribution in [3.63, 3.8) is 0 Å². The highest BCUT2D eigenvalue weighted by Crippen LogP contribution is 2.35. The molecule has 2 rings (SSSR count). The first-order valence-corrected chi connectivity index (χ1v) is 8.56. The van der Waals surface area contributed by atoms with Crippen LogP contribution in [0.15, 0.2) is 17.1 Å². The SMILES string of the molecule is CCOc1cc2c(cc1CNC(=NC)NCCCOC)OC(C)C2. The summed E-state index contributed by atoms with van der Waals surface area (Å²) in [4.78, 5) is 4.24. The van der Waals surface area contributed by atoms with E-state index in [1.165, 1.54) is 5.56 Å². The van der Waals surface area contributed by atoms with Crippen molar-refractivity contribution in [2.45, 2.75) is 39.3 Å². The molecule has 0 fully saturated rings. The van der Waals surface area contributed by atoms with Crippen molar-refractivity contribution in [1.29, 1.82) is 0 Å². The average Bonchev–Trinajstić information content (AvgIpc) is 2.93. The molecule has 1 aromatic carbocycles. The van der Waals surface area contributed by atoms with E-state index in [1.54, 1.807) is 14.2 Å². The molecule has 6 heteroatoms. The molecule has 2 N–H and O–H groups in total. The van der Waals surface area contributed by atoms with Gasteiger partial charge in [-0.2, -0.15) is 0 Å². The number of hydrogen-bond donors (Lipinski definition) is 2. The fourth-order valence-electron chi connectivity index (χ4n) is 2.73. The van der Waals surface area contributed by atoms with Crippen molar-refractivity contribution in [3.8, 4) is 11.5 Å². The summed E-state index contributed by atoms with van der Waals surface area (Å²) in [5.41, 5.74) is 2.29. The van der Waals surface area contributed by atoms with Crippen LogP contribution in [0.5, 0.6) is 11.5 Å². The molecule has 0 amide bonds. The van der Waals surface area contributed by atoms with Crippen LogP contribution in [0.25, 0.3) is 0 Å². The zero-order valence-electron chi connectivity index (χ0n) is 15.1. The summed E-state index contributed by atoms with van der Waals surface area (Å²) in [7, 11) is 3.47. The lowest BCUT2D eigenvalue weighted by atomic mass is 10.1. The maximum Gasteiger partial charge on any atom is 0.191 e. The molecule has 1 unspecified atom stereocenters. The molecule has 0 saturated carbocycles. The van der Waals surface area contributed by atoms with Crippen LogP contribution in [0.4, 0.5) is 0 Å². The van der Waals surface area contributed by atoms with Crippen molar-refractivity contribution < 1.29 is 14.2 Å². The molecule has 1 heterocycles. The number of benzene rings is 1. The van der Waals surface area contributed by atoms with Gasteiger partial charge in [0.25, 0.3) is 0 Å². The van der Waals surface area contributed by atoms with Crippen LogP contribution in [-0.2, 0) is 17.7 Å². The highest BCUT2D eigenvalue weighted by atomic mass is 16.5. The Labute approximate surface area is 144 Å². The second kappa shape index (κ2) is 9.37. The van der Waals surface area contributed by atoms with Crippen LogP contribution in [0.2, 0.25) is 0 Å². The Morgan fingerprint density at radius 2 is 2.21 bits per heavy atom. The Bertz CT molecular complexity index is 561. The van der Waals surface area contributed by atoms with E-state index in [0.717, 1.165) is 49.0 Å². The molecule has 1 aliphatic heterocycles. The zero-order chi connectivity index (χ0) is 17.4. The molecule has 1 aromatic rings. The van der Waals surface area contributed by atoms with E-state index in [-0.39, 0.29) is 6.10 Å². The minimum atomic E-state index is 0.230. The molecule has 6 nitrogen and oxygen atoms in total. The molecule has 0 bridgehead atoms. The standard InChI is InChI=1S/C18H29N3O3/c1-5-23-16-10-14-9-13(2)24-17(14)11-15(16)12-21-18(19-3)20-7-6-8-22-4/h10-11,13H,5-9,12H2,1-4H3,(H2,19,20,21). The topological polar surface area (TPSA) is 64.1 Å². The first kappa shape index (κ1) is 18.4. The third kappa shape index (κ3) is 5.03. The van der Waals surface area contributed by atoms with Gasteiger partial charge in [-0.25, -0.2) is 0 Å². The molecule has 0 aromatic heterocycles. The van der Waals surface area contributed by atoms with Crippen LogP contribution in [0.1, 0.15) is 31.4 Å². The van der Waals surface area contributed by atoms with Gasteiger partial charge in [-0.1, -0.05) is 0 Å². The van der Waals surface area contributed by atoms with Gasteiger partial charge in [0, 0.05) is 51.4 Å². The maximum absolute atomic E-state index is 5.86. The monoisotopic (exact) mass is 335 g/mol. The van der Waals surface area contributed by atoms with Crippen molar-refractivity contribution in [2.24, 2.45) is 4.99 Å². The number of rotatable bonds is 8. The van der Waals surface area contributed by atoms with E-state index in [0.29, 0.717) is 13.2 Å². The molecule has 0 saturated heterocycles. The quantitative estimate of drug-likeness (QED) is 0.433. The number of guanidine groups is 1. The number of aliphatic imine (C=N–C) groups is 1. The van der Waals surface area contributed by atoms with E-state index >= 15 is 0 Å². The van der Waals surface area contributed by atoms with Gasteiger partial charge < -0.3 is 24.8 Å². The zero-order valence-corrected chi connectivity index (χ0v) is 15.1. The number of hydrogen-bond acceptors (Lipinski definition) is 4. The fraction of sp³-hybridized carbons (Fsp3) is 0.611. The summed E-state index contributed by atoms with van der Waals surface area (Å²) in [5, 5.41) is 6.60. The normalized spacial score (nSPS) is 16.5. The first-order chi connectivity index (χ1) is 11.7.